The van der Waals surface area contributed by atoms with Crippen LogP contribution in [0.5, 0.6) is 0 Å². The van der Waals surface area contributed by atoms with Gasteiger partial charge in [0.2, 0.25) is 0 Å². The number of nitro benzene ring substituents is 1. The predicted octanol–water partition coefficient (Wildman–Crippen LogP) is 2.27. The zero-order valence-electron chi connectivity index (χ0n) is 11.1. The van der Waals surface area contributed by atoms with Gasteiger partial charge in [-0.25, -0.2) is 9.78 Å². The highest BCUT2D eigenvalue weighted by Gasteiger charge is 2.17. The van der Waals surface area contributed by atoms with E-state index in [1.807, 2.05) is 6.92 Å². The Labute approximate surface area is 115 Å². The summed E-state index contributed by atoms with van der Waals surface area (Å²) in [5.41, 5.74) is 1.29. The largest absolute Gasteiger partial charge is 0.461 e. The van der Waals surface area contributed by atoms with Crippen LogP contribution in [0.3, 0.4) is 0 Å². The summed E-state index contributed by atoms with van der Waals surface area (Å²) in [4.78, 5) is 26.0. The van der Waals surface area contributed by atoms with E-state index in [0.29, 0.717) is 5.69 Å². The number of nitrogens with zero attached hydrogens (tertiary/aromatic N) is 3. The molecule has 0 saturated heterocycles. The first-order valence-electron chi connectivity index (χ1n) is 5.99. The topological polar surface area (TPSA) is 87.3 Å². The lowest BCUT2D eigenvalue weighted by molar-refractivity contribution is -0.384. The number of carbonyl (C=O) groups excluding carboxylic acids is 1. The van der Waals surface area contributed by atoms with E-state index in [1.54, 1.807) is 19.1 Å². The molecule has 0 fully saturated rings. The molecule has 2 aromatic rings. The van der Waals surface area contributed by atoms with Gasteiger partial charge in [0.15, 0.2) is 5.69 Å². The van der Waals surface area contributed by atoms with Crippen molar-refractivity contribution in [2.45, 2.75) is 13.8 Å². The number of benzene rings is 1. The van der Waals surface area contributed by atoms with E-state index < -0.39 is 10.9 Å². The van der Waals surface area contributed by atoms with E-state index in [0.717, 1.165) is 5.56 Å². The Morgan fingerprint density at radius 1 is 1.50 bits per heavy atom. The molecule has 1 heterocycles. The van der Waals surface area contributed by atoms with Crippen molar-refractivity contribution in [1.82, 2.24) is 9.55 Å². The lowest BCUT2D eigenvalue weighted by atomic mass is 10.2. The van der Waals surface area contributed by atoms with Crippen LogP contribution in [0.4, 0.5) is 5.69 Å². The second kappa shape index (κ2) is 5.52. The third-order valence-corrected chi connectivity index (χ3v) is 2.67. The number of imidazole rings is 1. The molecule has 0 radical (unpaired) electrons. The first-order chi connectivity index (χ1) is 9.52. The van der Waals surface area contributed by atoms with Crippen LogP contribution in [-0.4, -0.2) is 27.1 Å². The number of rotatable bonds is 4. The van der Waals surface area contributed by atoms with Gasteiger partial charge in [-0.15, -0.1) is 0 Å². The standard InChI is InChI=1S/C13H13N3O4/c1-3-20-13(17)10-7-15(8-14-10)12-6-9(2)4-5-11(12)16(18)19/h4-8H,3H2,1-2H3. The lowest BCUT2D eigenvalue weighted by Gasteiger charge is -2.04. The Balaban J connectivity index is 2.44. The molecule has 0 spiro atoms. The summed E-state index contributed by atoms with van der Waals surface area (Å²) in [6.07, 6.45) is 2.77. The lowest BCUT2D eigenvalue weighted by Crippen LogP contribution is -2.05. The summed E-state index contributed by atoms with van der Waals surface area (Å²) in [7, 11) is 0. The third-order valence-electron chi connectivity index (χ3n) is 2.67. The number of ether oxygens (including phenoxy) is 1. The number of hydrogen-bond acceptors (Lipinski definition) is 5. The predicted molar refractivity (Wildman–Crippen MR) is 70.9 cm³/mol. The molecule has 0 saturated carbocycles. The SMILES string of the molecule is CCOC(=O)c1cn(-c2cc(C)ccc2[N+](=O)[O-])cn1. The molecule has 7 nitrogen and oxygen atoms in total. The van der Waals surface area contributed by atoms with Crippen LogP contribution in [-0.2, 0) is 4.74 Å². The van der Waals surface area contributed by atoms with Crippen LogP contribution in [0.2, 0.25) is 0 Å². The summed E-state index contributed by atoms with van der Waals surface area (Å²) < 4.78 is 6.27. The van der Waals surface area contributed by atoms with Crippen LogP contribution in [0.25, 0.3) is 5.69 Å². The zero-order chi connectivity index (χ0) is 14.7. The molecule has 0 bridgehead atoms. The minimum atomic E-state index is -0.554. The minimum Gasteiger partial charge on any atom is -0.461 e. The Kier molecular flexibility index (Phi) is 3.79. The zero-order valence-corrected chi connectivity index (χ0v) is 11.1. The Hall–Kier alpha value is -2.70. The van der Waals surface area contributed by atoms with Gasteiger partial charge in [0, 0.05) is 12.3 Å². The molecule has 1 aromatic heterocycles. The monoisotopic (exact) mass is 275 g/mol. The maximum absolute atomic E-state index is 11.5. The van der Waals surface area contributed by atoms with Crippen molar-refractivity contribution in [3.8, 4) is 5.69 Å². The molecular weight excluding hydrogens is 262 g/mol. The van der Waals surface area contributed by atoms with Crippen LogP contribution in [0, 0.1) is 17.0 Å². The van der Waals surface area contributed by atoms with Crippen LogP contribution >= 0.6 is 0 Å². The molecule has 7 heteroatoms. The van der Waals surface area contributed by atoms with E-state index in [2.05, 4.69) is 4.98 Å². The van der Waals surface area contributed by atoms with E-state index in [4.69, 9.17) is 4.74 Å². The van der Waals surface area contributed by atoms with Crippen molar-refractivity contribution >= 4 is 11.7 Å². The van der Waals surface area contributed by atoms with E-state index in [9.17, 15) is 14.9 Å². The van der Waals surface area contributed by atoms with Gasteiger partial charge in [0.25, 0.3) is 5.69 Å². The summed E-state index contributed by atoms with van der Waals surface area (Å²) in [5.74, 6) is -0.554. The van der Waals surface area contributed by atoms with Gasteiger partial charge in [-0.3, -0.25) is 14.7 Å². The summed E-state index contributed by atoms with van der Waals surface area (Å²) in [6, 6.07) is 4.74. The molecule has 0 aliphatic carbocycles. The highest BCUT2D eigenvalue weighted by molar-refractivity contribution is 5.87. The van der Waals surface area contributed by atoms with Gasteiger partial charge >= 0.3 is 5.97 Å². The second-order valence-corrected chi connectivity index (χ2v) is 4.14. The Morgan fingerprint density at radius 2 is 2.25 bits per heavy atom. The number of esters is 1. The highest BCUT2D eigenvalue weighted by Crippen LogP contribution is 2.24. The summed E-state index contributed by atoms with van der Waals surface area (Å²) >= 11 is 0. The quantitative estimate of drug-likeness (QED) is 0.485. The number of aryl methyl sites for hydroxylation is 1. The van der Waals surface area contributed by atoms with E-state index in [-0.39, 0.29) is 18.0 Å². The molecular formula is C13H13N3O4. The molecule has 0 aliphatic heterocycles. The molecule has 2 rings (SSSR count). The fraction of sp³-hybridized carbons (Fsp3) is 0.231. The van der Waals surface area contributed by atoms with Crippen molar-refractivity contribution in [3.63, 3.8) is 0 Å². The molecule has 0 N–H and O–H groups in total. The first-order valence-corrected chi connectivity index (χ1v) is 5.99. The van der Waals surface area contributed by atoms with Crippen LogP contribution in [0.1, 0.15) is 23.0 Å². The summed E-state index contributed by atoms with van der Waals surface area (Å²) in [6.45, 7) is 3.77. The normalized spacial score (nSPS) is 10.3. The van der Waals surface area contributed by atoms with Crippen molar-refractivity contribution in [1.29, 1.82) is 0 Å². The second-order valence-electron chi connectivity index (χ2n) is 4.14. The molecule has 1 aromatic carbocycles. The third kappa shape index (κ3) is 2.66. The first kappa shape index (κ1) is 13.7. The molecule has 0 aliphatic rings. The number of nitro groups is 1. The summed E-state index contributed by atoms with van der Waals surface area (Å²) in [5, 5.41) is 11.0. The number of aromatic nitrogens is 2. The van der Waals surface area contributed by atoms with Crippen molar-refractivity contribution < 1.29 is 14.5 Å². The molecule has 20 heavy (non-hydrogen) atoms. The van der Waals surface area contributed by atoms with Crippen molar-refractivity contribution in [2.24, 2.45) is 0 Å². The van der Waals surface area contributed by atoms with Crippen LogP contribution < -0.4 is 0 Å². The Morgan fingerprint density at radius 3 is 2.90 bits per heavy atom. The van der Waals surface area contributed by atoms with Crippen molar-refractivity contribution in [3.05, 3.63) is 52.1 Å². The maximum atomic E-state index is 11.5. The van der Waals surface area contributed by atoms with Gasteiger partial charge in [0.1, 0.15) is 12.0 Å². The molecule has 0 atom stereocenters. The average Bonchev–Trinajstić information content (AvgIpc) is 2.88. The molecule has 0 amide bonds. The fourth-order valence-corrected chi connectivity index (χ4v) is 1.76. The smallest absolute Gasteiger partial charge is 0.358 e. The number of hydrogen-bond donors (Lipinski definition) is 0. The van der Waals surface area contributed by atoms with E-state index >= 15 is 0 Å². The van der Waals surface area contributed by atoms with E-state index in [1.165, 1.54) is 23.2 Å². The van der Waals surface area contributed by atoms with Crippen molar-refractivity contribution in [2.75, 3.05) is 6.61 Å². The van der Waals surface area contributed by atoms with Gasteiger partial charge < -0.3 is 4.74 Å². The van der Waals surface area contributed by atoms with Crippen LogP contribution in [0.15, 0.2) is 30.7 Å². The highest BCUT2D eigenvalue weighted by atomic mass is 16.6. The molecule has 0 unspecified atom stereocenters. The minimum absolute atomic E-state index is 0.0524. The maximum Gasteiger partial charge on any atom is 0.358 e. The van der Waals surface area contributed by atoms with Gasteiger partial charge in [-0.1, -0.05) is 6.07 Å². The fourth-order valence-electron chi connectivity index (χ4n) is 1.76. The molecule has 104 valence electrons. The van der Waals surface area contributed by atoms with Gasteiger partial charge in [-0.2, -0.15) is 0 Å². The average molecular weight is 275 g/mol. The van der Waals surface area contributed by atoms with Gasteiger partial charge in [0.05, 0.1) is 11.5 Å². The van der Waals surface area contributed by atoms with Gasteiger partial charge in [-0.05, 0) is 25.5 Å². The number of carbonyl (C=O) groups is 1. The Bertz CT molecular complexity index is 663.